The summed E-state index contributed by atoms with van der Waals surface area (Å²) in [4.78, 5) is 14.6. The molecule has 0 atom stereocenters. The lowest BCUT2D eigenvalue weighted by Gasteiger charge is -2.32. The van der Waals surface area contributed by atoms with Crippen molar-refractivity contribution in [2.75, 3.05) is 13.1 Å². The van der Waals surface area contributed by atoms with Gasteiger partial charge < -0.3 is 10.6 Å². The van der Waals surface area contributed by atoms with Crippen LogP contribution in [0, 0.1) is 5.92 Å². The molecule has 0 radical (unpaired) electrons. The minimum Gasteiger partial charge on any atom is -0.339 e. The highest BCUT2D eigenvalue weighted by Crippen LogP contribution is 2.23. The van der Waals surface area contributed by atoms with Gasteiger partial charge in [0, 0.05) is 25.2 Å². The molecule has 2 aromatic carbocycles. The third-order valence-corrected chi connectivity index (χ3v) is 5.02. The second-order valence-electron chi connectivity index (χ2n) is 6.66. The molecule has 24 heavy (non-hydrogen) atoms. The van der Waals surface area contributed by atoms with E-state index in [0.29, 0.717) is 6.54 Å². The minimum atomic E-state index is 0.153. The van der Waals surface area contributed by atoms with E-state index < -0.39 is 0 Å². The first-order valence-electron chi connectivity index (χ1n) is 8.88. The number of nitrogens with two attached hydrogens (primary N) is 1. The summed E-state index contributed by atoms with van der Waals surface area (Å²) in [6.07, 6.45) is 4.58. The van der Waals surface area contributed by atoms with Gasteiger partial charge in [-0.25, -0.2) is 0 Å². The number of hydrogen-bond donors (Lipinski definition) is 1. The summed E-state index contributed by atoms with van der Waals surface area (Å²) in [6, 6.07) is 18.3. The van der Waals surface area contributed by atoms with Gasteiger partial charge in [-0.15, -0.1) is 0 Å². The monoisotopic (exact) mass is 322 g/mol. The first kappa shape index (κ1) is 16.7. The fourth-order valence-electron chi connectivity index (χ4n) is 3.41. The van der Waals surface area contributed by atoms with Gasteiger partial charge in [0.2, 0.25) is 0 Å². The van der Waals surface area contributed by atoms with Crippen LogP contribution >= 0.6 is 0 Å². The van der Waals surface area contributed by atoms with Gasteiger partial charge in [-0.3, -0.25) is 4.79 Å². The summed E-state index contributed by atoms with van der Waals surface area (Å²) in [7, 11) is 0. The molecule has 1 amide bonds. The maximum absolute atomic E-state index is 12.6. The number of piperidine rings is 1. The summed E-state index contributed by atoms with van der Waals surface area (Å²) in [5.74, 6) is 0.883. The number of aryl methyl sites for hydroxylation is 1. The van der Waals surface area contributed by atoms with E-state index in [4.69, 9.17) is 5.73 Å². The van der Waals surface area contributed by atoms with Crippen molar-refractivity contribution in [3.8, 4) is 0 Å². The average Bonchev–Trinajstić information content (AvgIpc) is 2.67. The number of nitrogens with zero attached hydrogens (tertiary/aromatic N) is 1. The largest absolute Gasteiger partial charge is 0.339 e. The molecule has 0 bridgehead atoms. The summed E-state index contributed by atoms with van der Waals surface area (Å²) >= 11 is 0. The summed E-state index contributed by atoms with van der Waals surface area (Å²) < 4.78 is 0. The van der Waals surface area contributed by atoms with Gasteiger partial charge in [0.1, 0.15) is 0 Å². The normalized spacial score (nSPS) is 15.5. The highest BCUT2D eigenvalue weighted by Gasteiger charge is 2.23. The first-order chi connectivity index (χ1) is 11.8. The first-order valence-corrected chi connectivity index (χ1v) is 8.88. The van der Waals surface area contributed by atoms with Crippen molar-refractivity contribution in [3.05, 3.63) is 71.3 Å². The second-order valence-corrected chi connectivity index (χ2v) is 6.66. The van der Waals surface area contributed by atoms with E-state index in [1.165, 1.54) is 12.0 Å². The summed E-state index contributed by atoms with van der Waals surface area (Å²) in [6.45, 7) is 2.26. The standard InChI is InChI=1S/C21H26N2O/c22-16-19-8-10-20(11-9-19)21(24)23-14-12-18(13-15-23)7-6-17-4-2-1-3-5-17/h1-5,8-11,18H,6-7,12-16,22H2. The van der Waals surface area contributed by atoms with Crippen molar-refractivity contribution in [2.45, 2.75) is 32.2 Å². The van der Waals surface area contributed by atoms with E-state index in [0.717, 1.165) is 49.4 Å². The predicted molar refractivity (Wildman–Crippen MR) is 97.7 cm³/mol. The molecule has 1 saturated heterocycles. The Morgan fingerprint density at radius 3 is 2.25 bits per heavy atom. The molecule has 0 spiro atoms. The van der Waals surface area contributed by atoms with Crippen LogP contribution in [0.3, 0.4) is 0 Å². The summed E-state index contributed by atoms with van der Waals surface area (Å²) in [5, 5.41) is 0. The van der Waals surface area contributed by atoms with Crippen LogP contribution in [0.25, 0.3) is 0 Å². The zero-order valence-corrected chi connectivity index (χ0v) is 14.2. The molecule has 3 rings (SSSR count). The van der Waals surface area contributed by atoms with Crippen LogP contribution < -0.4 is 5.73 Å². The second kappa shape index (κ2) is 8.11. The van der Waals surface area contributed by atoms with Crippen molar-refractivity contribution < 1.29 is 4.79 Å². The Labute approximate surface area is 144 Å². The Hall–Kier alpha value is -2.13. The molecule has 1 heterocycles. The molecule has 126 valence electrons. The molecule has 0 unspecified atom stereocenters. The summed E-state index contributed by atoms with van der Waals surface area (Å²) in [5.41, 5.74) is 8.86. The van der Waals surface area contributed by atoms with E-state index >= 15 is 0 Å². The molecule has 0 aromatic heterocycles. The molecule has 2 aromatic rings. The van der Waals surface area contributed by atoms with Crippen molar-refractivity contribution in [3.63, 3.8) is 0 Å². The van der Waals surface area contributed by atoms with Crippen LogP contribution in [0.1, 0.15) is 40.7 Å². The Balaban J connectivity index is 1.48. The van der Waals surface area contributed by atoms with E-state index in [-0.39, 0.29) is 5.91 Å². The Morgan fingerprint density at radius 2 is 1.62 bits per heavy atom. The zero-order chi connectivity index (χ0) is 16.8. The maximum Gasteiger partial charge on any atom is 0.253 e. The molecule has 3 heteroatoms. The van der Waals surface area contributed by atoms with Gasteiger partial charge in [0.05, 0.1) is 0 Å². The van der Waals surface area contributed by atoms with Gasteiger partial charge in [-0.05, 0) is 54.9 Å². The van der Waals surface area contributed by atoms with Crippen molar-refractivity contribution in [1.29, 1.82) is 0 Å². The van der Waals surface area contributed by atoms with Crippen LogP contribution in [0.2, 0.25) is 0 Å². The molecule has 3 nitrogen and oxygen atoms in total. The topological polar surface area (TPSA) is 46.3 Å². The van der Waals surface area contributed by atoms with Crippen LogP contribution in [-0.4, -0.2) is 23.9 Å². The van der Waals surface area contributed by atoms with Crippen LogP contribution in [-0.2, 0) is 13.0 Å². The van der Waals surface area contributed by atoms with E-state index in [2.05, 4.69) is 30.3 Å². The molecule has 1 aliphatic rings. The lowest BCUT2D eigenvalue weighted by molar-refractivity contribution is 0.0687. The molecular formula is C21H26N2O. The molecular weight excluding hydrogens is 296 g/mol. The van der Waals surface area contributed by atoms with E-state index in [9.17, 15) is 4.79 Å². The highest BCUT2D eigenvalue weighted by atomic mass is 16.2. The van der Waals surface area contributed by atoms with Crippen molar-refractivity contribution in [2.24, 2.45) is 11.7 Å². The molecule has 2 N–H and O–H groups in total. The number of benzene rings is 2. The highest BCUT2D eigenvalue weighted by molar-refractivity contribution is 5.94. The van der Waals surface area contributed by atoms with Crippen LogP contribution in [0.4, 0.5) is 0 Å². The smallest absolute Gasteiger partial charge is 0.253 e. The Bertz CT molecular complexity index is 643. The quantitative estimate of drug-likeness (QED) is 0.913. The minimum absolute atomic E-state index is 0.153. The Morgan fingerprint density at radius 1 is 0.958 bits per heavy atom. The third-order valence-electron chi connectivity index (χ3n) is 5.02. The van der Waals surface area contributed by atoms with Gasteiger partial charge in [-0.1, -0.05) is 42.5 Å². The lowest BCUT2D eigenvalue weighted by atomic mass is 9.90. The fourth-order valence-corrected chi connectivity index (χ4v) is 3.41. The van der Waals surface area contributed by atoms with E-state index in [1.807, 2.05) is 29.2 Å². The van der Waals surface area contributed by atoms with Gasteiger partial charge in [0.15, 0.2) is 0 Å². The average molecular weight is 322 g/mol. The predicted octanol–water partition coefficient (Wildman–Crippen LogP) is 3.63. The van der Waals surface area contributed by atoms with Crippen molar-refractivity contribution in [1.82, 2.24) is 4.90 Å². The molecule has 0 saturated carbocycles. The van der Waals surface area contributed by atoms with Crippen LogP contribution in [0.5, 0.6) is 0 Å². The number of carbonyl (C=O) groups is 1. The van der Waals surface area contributed by atoms with Crippen molar-refractivity contribution >= 4 is 5.91 Å². The fraction of sp³-hybridized carbons (Fsp3) is 0.381. The lowest BCUT2D eigenvalue weighted by Crippen LogP contribution is -2.38. The third kappa shape index (κ3) is 4.24. The number of likely N-dealkylation sites (tertiary alicyclic amines) is 1. The Kier molecular flexibility index (Phi) is 5.65. The van der Waals surface area contributed by atoms with Crippen LogP contribution in [0.15, 0.2) is 54.6 Å². The maximum atomic E-state index is 12.6. The van der Waals surface area contributed by atoms with Gasteiger partial charge >= 0.3 is 0 Å². The molecule has 1 fully saturated rings. The van der Waals surface area contributed by atoms with Gasteiger partial charge in [-0.2, -0.15) is 0 Å². The number of hydrogen-bond acceptors (Lipinski definition) is 2. The van der Waals surface area contributed by atoms with E-state index in [1.54, 1.807) is 0 Å². The number of amides is 1. The number of carbonyl (C=O) groups excluding carboxylic acids is 1. The molecule has 1 aliphatic heterocycles. The molecule has 0 aliphatic carbocycles. The number of rotatable bonds is 5. The zero-order valence-electron chi connectivity index (χ0n) is 14.2. The SMILES string of the molecule is NCc1ccc(C(=O)N2CCC(CCc3ccccc3)CC2)cc1. The van der Waals surface area contributed by atoms with Gasteiger partial charge in [0.25, 0.3) is 5.91 Å².